The van der Waals surface area contributed by atoms with E-state index in [4.69, 9.17) is 9.47 Å². The Morgan fingerprint density at radius 3 is 1.04 bits per heavy atom. The number of halogens is 12. The maximum Gasteiger partial charge on any atom is 0.416 e. The van der Waals surface area contributed by atoms with E-state index in [0.29, 0.717) is 88.5 Å². The number of nitrogens with one attached hydrogen (secondary N) is 2. The molecule has 2 saturated carbocycles. The van der Waals surface area contributed by atoms with Crippen molar-refractivity contribution < 1.29 is 72.4 Å². The van der Waals surface area contributed by atoms with E-state index in [-0.39, 0.29) is 57.1 Å². The first kappa shape index (κ1) is 62.0. The van der Waals surface area contributed by atoms with Crippen molar-refractivity contribution >= 4 is 0 Å². The summed E-state index contributed by atoms with van der Waals surface area (Å²) in [5.74, 6) is 0. The molecule has 6 aromatic rings. The summed E-state index contributed by atoms with van der Waals surface area (Å²) in [4.78, 5) is 24.8. The third kappa shape index (κ3) is 14.0. The number of aliphatic hydroxyl groups excluding tert-OH is 2. The Kier molecular flexibility index (Phi) is 19.0. The van der Waals surface area contributed by atoms with Crippen LogP contribution in [0.4, 0.5) is 52.7 Å². The predicted octanol–water partition coefficient (Wildman–Crippen LogP) is 12.6. The van der Waals surface area contributed by atoms with Gasteiger partial charge < -0.3 is 19.7 Å². The highest BCUT2D eigenvalue weighted by atomic mass is 19.4. The van der Waals surface area contributed by atoms with Crippen LogP contribution in [0.15, 0.2) is 119 Å². The van der Waals surface area contributed by atoms with Crippen LogP contribution in [0.25, 0.3) is 0 Å². The molecule has 8 rings (SSSR count). The van der Waals surface area contributed by atoms with Crippen LogP contribution in [0.5, 0.6) is 0 Å². The standard InChI is InChI=1S/2C27H29F6N3O3.CH4/c2*1-18(19-13-21(26(28,29)30)15-22(14-19)27(31,32)33)39-16-24(20-5-3-2-4-6-20)7-9-25(10-8-24,11-12-37)36-17-34-35-23(36)38;/h2*2-6,13-15,17-18,37H,7-12,16H2,1H3,(H,35,38);1H4/t2*18-,24?,25?;/m11./s1. The van der Waals surface area contributed by atoms with E-state index >= 15 is 0 Å². The SMILES string of the molecule is C.C[C@@H](OCC1(c2ccccc2)CCC(CCO)(n2cn[nH]c2=O)CC1)c1cc(C(F)(F)F)cc(C(F)(F)F)c1.C[C@@H](OCC1(c2ccccc2)CCC(CCO)(n2cn[nH]c2=O)CC1)c1cc(C(F)(F)F)cc(C(F)(F)F)c1. The summed E-state index contributed by atoms with van der Waals surface area (Å²) in [6, 6.07) is 21.6. The average Bonchev–Trinajstić information content (AvgIpc) is 4.09. The molecule has 4 N–H and O–H groups in total. The van der Waals surface area contributed by atoms with Crippen molar-refractivity contribution in [2.24, 2.45) is 0 Å². The van der Waals surface area contributed by atoms with Gasteiger partial charge in [-0.3, -0.25) is 9.13 Å². The molecular formula is C55H62F12N6O6. The lowest BCUT2D eigenvalue weighted by Crippen LogP contribution is -2.48. The van der Waals surface area contributed by atoms with Gasteiger partial charge in [0.15, 0.2) is 0 Å². The lowest BCUT2D eigenvalue weighted by molar-refractivity contribution is -0.145. The smallest absolute Gasteiger partial charge is 0.396 e. The van der Waals surface area contributed by atoms with Crippen molar-refractivity contribution in [1.82, 2.24) is 29.5 Å². The van der Waals surface area contributed by atoms with Crippen molar-refractivity contribution in [3.8, 4) is 0 Å². The van der Waals surface area contributed by atoms with Crippen molar-refractivity contribution in [3.63, 3.8) is 0 Å². The fourth-order valence-corrected chi connectivity index (χ4v) is 11.0. The van der Waals surface area contributed by atoms with Gasteiger partial charge in [-0.05, 0) is 137 Å². The highest BCUT2D eigenvalue weighted by Gasteiger charge is 2.48. The van der Waals surface area contributed by atoms with E-state index in [1.54, 1.807) is 0 Å². The van der Waals surface area contributed by atoms with Crippen LogP contribution in [0.2, 0.25) is 0 Å². The summed E-state index contributed by atoms with van der Waals surface area (Å²) in [6.07, 6.45) is -14.6. The summed E-state index contributed by atoms with van der Waals surface area (Å²) in [5.41, 5.74) is -7.60. The minimum Gasteiger partial charge on any atom is -0.396 e. The third-order valence-corrected chi connectivity index (χ3v) is 15.7. The third-order valence-electron chi connectivity index (χ3n) is 15.7. The largest absolute Gasteiger partial charge is 0.416 e. The van der Waals surface area contributed by atoms with E-state index < -0.39 is 92.5 Å². The van der Waals surface area contributed by atoms with Gasteiger partial charge in [-0.25, -0.2) is 19.8 Å². The number of H-pyrrole nitrogens is 2. The number of nitrogens with zero attached hydrogens (tertiary/aromatic N) is 4. The van der Waals surface area contributed by atoms with Crippen LogP contribution >= 0.6 is 0 Å². The first-order chi connectivity index (χ1) is 36.6. The van der Waals surface area contributed by atoms with E-state index in [1.165, 1.54) is 35.6 Å². The Balaban J connectivity index is 0.000000252. The van der Waals surface area contributed by atoms with Gasteiger partial charge >= 0.3 is 36.1 Å². The molecule has 0 radical (unpaired) electrons. The second kappa shape index (κ2) is 24.2. The van der Waals surface area contributed by atoms with Crippen molar-refractivity contribution in [1.29, 1.82) is 0 Å². The first-order valence-electron chi connectivity index (χ1n) is 25.0. The predicted molar refractivity (Wildman–Crippen MR) is 267 cm³/mol. The number of aromatic nitrogens is 6. The van der Waals surface area contributed by atoms with Crippen LogP contribution in [-0.2, 0) is 56.1 Å². The molecule has 24 heteroatoms. The van der Waals surface area contributed by atoms with Gasteiger partial charge in [-0.2, -0.15) is 62.9 Å². The van der Waals surface area contributed by atoms with Gasteiger partial charge in [0.1, 0.15) is 12.7 Å². The number of benzene rings is 4. The Bertz CT molecular complexity index is 2760. The second-order valence-electron chi connectivity index (χ2n) is 20.3. The molecule has 2 aliphatic rings. The van der Waals surface area contributed by atoms with Gasteiger partial charge in [-0.15, -0.1) is 0 Å². The first-order valence-corrected chi connectivity index (χ1v) is 25.0. The molecule has 79 heavy (non-hydrogen) atoms. The van der Waals surface area contributed by atoms with Crippen molar-refractivity contribution in [2.75, 3.05) is 26.4 Å². The lowest BCUT2D eigenvalue weighted by Gasteiger charge is -2.47. The summed E-state index contributed by atoms with van der Waals surface area (Å²) >= 11 is 0. The number of aliphatic hydroxyl groups is 2. The molecule has 2 aliphatic carbocycles. The second-order valence-corrected chi connectivity index (χ2v) is 20.3. The molecule has 2 aromatic heterocycles. The maximum absolute atomic E-state index is 13.4. The van der Waals surface area contributed by atoms with E-state index in [2.05, 4.69) is 20.4 Å². The molecule has 4 aromatic carbocycles. The van der Waals surface area contributed by atoms with Crippen molar-refractivity contribution in [2.45, 2.75) is 144 Å². The van der Waals surface area contributed by atoms with Crippen molar-refractivity contribution in [3.05, 3.63) is 175 Å². The number of hydrogen-bond acceptors (Lipinski definition) is 8. The minimum absolute atomic E-state index is 0. The number of rotatable bonds is 16. The van der Waals surface area contributed by atoms with E-state index in [1.807, 2.05) is 60.7 Å². The number of hydrogen-bond donors (Lipinski definition) is 4. The highest BCUT2D eigenvalue weighted by molar-refractivity contribution is 5.37. The molecular weight excluding hydrogens is 1070 g/mol. The zero-order valence-corrected chi connectivity index (χ0v) is 42.3. The summed E-state index contributed by atoms with van der Waals surface area (Å²) < 4.78 is 176. The Morgan fingerprint density at radius 2 is 0.797 bits per heavy atom. The summed E-state index contributed by atoms with van der Waals surface area (Å²) in [5, 5.41) is 31.9. The van der Waals surface area contributed by atoms with Gasteiger partial charge in [0.25, 0.3) is 0 Å². The highest BCUT2D eigenvalue weighted by Crippen LogP contribution is 2.50. The molecule has 432 valence electrons. The van der Waals surface area contributed by atoms with Crippen LogP contribution in [0.3, 0.4) is 0 Å². The van der Waals surface area contributed by atoms with Gasteiger partial charge in [0.05, 0.1) is 58.8 Å². The number of aromatic amines is 2. The molecule has 0 aliphatic heterocycles. The topological polar surface area (TPSA) is 160 Å². The van der Waals surface area contributed by atoms with Gasteiger partial charge in [0, 0.05) is 24.0 Å². The van der Waals surface area contributed by atoms with E-state index in [0.717, 1.165) is 11.1 Å². The van der Waals surface area contributed by atoms with Crippen LogP contribution in [-0.4, -0.2) is 66.2 Å². The van der Waals surface area contributed by atoms with Crippen LogP contribution in [0, 0.1) is 0 Å². The molecule has 0 bridgehead atoms. The van der Waals surface area contributed by atoms with E-state index in [9.17, 15) is 72.5 Å². The fourth-order valence-electron chi connectivity index (χ4n) is 11.0. The summed E-state index contributed by atoms with van der Waals surface area (Å²) in [7, 11) is 0. The van der Waals surface area contributed by atoms with Crippen LogP contribution in [0.1, 0.15) is 142 Å². The average molecular weight is 1130 g/mol. The Hall–Kier alpha value is -6.24. The maximum atomic E-state index is 13.4. The molecule has 2 fully saturated rings. The minimum atomic E-state index is -4.95. The zero-order chi connectivity index (χ0) is 57.0. The number of ether oxygens (including phenoxy) is 2. The zero-order valence-electron chi connectivity index (χ0n) is 42.3. The van der Waals surface area contributed by atoms with Gasteiger partial charge in [0.2, 0.25) is 0 Å². The lowest BCUT2D eigenvalue weighted by atomic mass is 9.63. The molecule has 2 heterocycles. The summed E-state index contributed by atoms with van der Waals surface area (Å²) in [6.45, 7) is 2.62. The quantitative estimate of drug-likeness (QED) is 0.0697. The number of alkyl halides is 12. The Morgan fingerprint density at radius 1 is 0.506 bits per heavy atom. The molecule has 0 saturated heterocycles. The molecule has 2 atom stereocenters. The fraction of sp³-hybridized carbons (Fsp3) is 0.491. The monoisotopic (exact) mass is 1130 g/mol. The molecule has 12 nitrogen and oxygen atoms in total. The molecule has 0 unspecified atom stereocenters. The van der Waals surface area contributed by atoms with Crippen LogP contribution < -0.4 is 11.4 Å². The Labute approximate surface area is 446 Å². The molecule has 0 spiro atoms. The van der Waals surface area contributed by atoms with Gasteiger partial charge in [-0.1, -0.05) is 68.1 Å². The molecule has 0 amide bonds. The normalized spacial score (nSPS) is 22.8.